The number of nitrogens with zero attached hydrogens (tertiary/aromatic N) is 3. The third-order valence-corrected chi connectivity index (χ3v) is 3.49. The molecule has 2 aromatic rings. The van der Waals surface area contributed by atoms with Gasteiger partial charge >= 0.3 is 0 Å². The summed E-state index contributed by atoms with van der Waals surface area (Å²) in [5, 5.41) is 18.2. The third-order valence-electron chi connectivity index (χ3n) is 3.23. The fraction of sp³-hybridized carbons (Fsp3) is 0.385. The Bertz CT molecular complexity index is 562. The first-order valence-electron chi connectivity index (χ1n) is 6.22. The van der Waals surface area contributed by atoms with Crippen molar-refractivity contribution in [2.24, 2.45) is 0 Å². The third kappa shape index (κ3) is 2.36. The monoisotopic (exact) mass is 279 g/mol. The molecule has 0 bridgehead atoms. The first kappa shape index (κ1) is 12.6. The van der Waals surface area contributed by atoms with Gasteiger partial charge in [-0.15, -0.1) is 5.10 Å². The second-order valence-electron chi connectivity index (χ2n) is 4.47. The van der Waals surface area contributed by atoms with E-state index in [1.807, 2.05) is 12.1 Å². The molecule has 1 N–H and O–H groups in total. The van der Waals surface area contributed by atoms with Crippen LogP contribution in [-0.2, 0) is 11.3 Å². The van der Waals surface area contributed by atoms with Gasteiger partial charge in [0.25, 0.3) is 0 Å². The highest BCUT2D eigenvalue weighted by atomic mass is 35.5. The molecule has 1 atom stereocenters. The van der Waals surface area contributed by atoms with Crippen LogP contribution < -0.4 is 0 Å². The second kappa shape index (κ2) is 5.28. The first-order chi connectivity index (χ1) is 9.29. The highest BCUT2D eigenvalue weighted by molar-refractivity contribution is 6.30. The lowest BCUT2D eigenvalue weighted by atomic mass is 10.1. The van der Waals surface area contributed by atoms with E-state index in [1.165, 1.54) is 0 Å². The molecule has 5 nitrogen and oxygen atoms in total. The Balaban J connectivity index is 2.05. The quantitative estimate of drug-likeness (QED) is 0.936. The average Bonchev–Trinajstić information content (AvgIpc) is 3.07. The zero-order valence-corrected chi connectivity index (χ0v) is 11.0. The van der Waals surface area contributed by atoms with Crippen molar-refractivity contribution in [1.82, 2.24) is 15.0 Å². The molecule has 0 amide bonds. The summed E-state index contributed by atoms with van der Waals surface area (Å²) in [6.07, 6.45) is 1.89. The van der Waals surface area contributed by atoms with Gasteiger partial charge in [0.2, 0.25) is 0 Å². The number of hydrogen-bond acceptors (Lipinski definition) is 4. The number of ether oxygens (including phenoxy) is 1. The summed E-state index contributed by atoms with van der Waals surface area (Å²) < 4.78 is 7.41. The predicted molar refractivity (Wildman–Crippen MR) is 70.2 cm³/mol. The fourth-order valence-corrected chi connectivity index (χ4v) is 2.45. The first-order valence-corrected chi connectivity index (χ1v) is 6.60. The Morgan fingerprint density at radius 2 is 2.16 bits per heavy atom. The van der Waals surface area contributed by atoms with Gasteiger partial charge in [-0.1, -0.05) is 16.8 Å². The Labute approximate surface area is 115 Å². The molecule has 2 heterocycles. The number of aliphatic hydroxyl groups is 1. The zero-order valence-electron chi connectivity index (χ0n) is 10.3. The molecule has 6 heteroatoms. The minimum Gasteiger partial charge on any atom is -0.390 e. The van der Waals surface area contributed by atoms with Crippen molar-refractivity contribution in [1.29, 1.82) is 0 Å². The maximum absolute atomic E-state index is 9.39. The molecule has 1 fully saturated rings. The number of aliphatic hydroxyl groups excluding tert-OH is 1. The molecule has 0 aliphatic carbocycles. The smallest absolute Gasteiger partial charge is 0.114 e. The lowest BCUT2D eigenvalue weighted by molar-refractivity contribution is 0.104. The van der Waals surface area contributed by atoms with Crippen LogP contribution in [0.1, 0.15) is 30.3 Å². The minimum absolute atomic E-state index is 0.0483. The van der Waals surface area contributed by atoms with E-state index in [-0.39, 0.29) is 12.7 Å². The van der Waals surface area contributed by atoms with Crippen molar-refractivity contribution >= 4 is 11.6 Å². The SMILES string of the molecule is OCc1nnn(-c2ccc(Cl)cc2)c1C1CCCO1. The lowest BCUT2D eigenvalue weighted by Gasteiger charge is -2.13. The molecule has 1 saturated heterocycles. The molecule has 1 aliphatic rings. The lowest BCUT2D eigenvalue weighted by Crippen LogP contribution is -2.09. The number of rotatable bonds is 3. The van der Waals surface area contributed by atoms with Crippen LogP contribution >= 0.6 is 11.6 Å². The summed E-state index contributed by atoms with van der Waals surface area (Å²) in [5.74, 6) is 0. The number of benzene rings is 1. The molecule has 0 spiro atoms. The van der Waals surface area contributed by atoms with Crippen LogP contribution in [0.4, 0.5) is 0 Å². The van der Waals surface area contributed by atoms with E-state index in [4.69, 9.17) is 16.3 Å². The Morgan fingerprint density at radius 1 is 1.37 bits per heavy atom. The molecule has 1 aromatic carbocycles. The highest BCUT2D eigenvalue weighted by Gasteiger charge is 2.26. The van der Waals surface area contributed by atoms with E-state index in [9.17, 15) is 5.11 Å². The summed E-state index contributed by atoms with van der Waals surface area (Å²) in [4.78, 5) is 0. The van der Waals surface area contributed by atoms with Crippen molar-refractivity contribution in [3.05, 3.63) is 40.7 Å². The summed E-state index contributed by atoms with van der Waals surface area (Å²) in [6.45, 7) is 0.601. The fourth-order valence-electron chi connectivity index (χ4n) is 2.32. The molecule has 1 aliphatic heterocycles. The van der Waals surface area contributed by atoms with Crippen molar-refractivity contribution < 1.29 is 9.84 Å². The molecule has 0 radical (unpaired) electrons. The van der Waals surface area contributed by atoms with Crippen molar-refractivity contribution in [3.63, 3.8) is 0 Å². The van der Waals surface area contributed by atoms with E-state index in [0.717, 1.165) is 30.8 Å². The Kier molecular flexibility index (Phi) is 3.50. The van der Waals surface area contributed by atoms with Gasteiger partial charge in [0.05, 0.1) is 18.0 Å². The van der Waals surface area contributed by atoms with Gasteiger partial charge in [-0.05, 0) is 37.1 Å². The molecular weight excluding hydrogens is 266 g/mol. The van der Waals surface area contributed by atoms with Crippen LogP contribution in [0.25, 0.3) is 5.69 Å². The minimum atomic E-state index is -0.136. The topological polar surface area (TPSA) is 60.2 Å². The molecule has 0 saturated carbocycles. The van der Waals surface area contributed by atoms with Gasteiger partial charge in [-0.3, -0.25) is 0 Å². The average molecular weight is 280 g/mol. The van der Waals surface area contributed by atoms with Crippen LogP contribution in [0.15, 0.2) is 24.3 Å². The molecule has 100 valence electrons. The van der Waals surface area contributed by atoms with Gasteiger partial charge in [0.15, 0.2) is 0 Å². The molecule has 1 unspecified atom stereocenters. The van der Waals surface area contributed by atoms with Crippen molar-refractivity contribution in [2.45, 2.75) is 25.6 Å². The highest BCUT2D eigenvalue weighted by Crippen LogP contribution is 2.31. The van der Waals surface area contributed by atoms with E-state index in [0.29, 0.717) is 10.7 Å². The summed E-state index contributed by atoms with van der Waals surface area (Å²) in [6, 6.07) is 7.35. The van der Waals surface area contributed by atoms with Crippen LogP contribution in [0.3, 0.4) is 0 Å². The zero-order chi connectivity index (χ0) is 13.2. The standard InChI is InChI=1S/C13H14ClN3O2/c14-9-3-5-10(6-4-9)17-13(11(8-18)15-16-17)12-2-1-7-19-12/h3-6,12,18H,1-2,7-8H2. The Morgan fingerprint density at radius 3 is 2.79 bits per heavy atom. The van der Waals surface area contributed by atoms with Gasteiger partial charge in [-0.2, -0.15) is 0 Å². The van der Waals surface area contributed by atoms with Gasteiger partial charge in [0.1, 0.15) is 11.8 Å². The van der Waals surface area contributed by atoms with E-state index in [1.54, 1.807) is 16.8 Å². The van der Waals surface area contributed by atoms with Crippen LogP contribution in [0, 0.1) is 0 Å². The Hall–Kier alpha value is -1.43. The van der Waals surface area contributed by atoms with Crippen molar-refractivity contribution in [2.75, 3.05) is 6.61 Å². The maximum Gasteiger partial charge on any atom is 0.114 e. The number of halogens is 1. The van der Waals surface area contributed by atoms with E-state index >= 15 is 0 Å². The normalized spacial score (nSPS) is 18.9. The molecule has 3 rings (SSSR count). The summed E-state index contributed by atoms with van der Waals surface area (Å²) in [5.41, 5.74) is 2.27. The predicted octanol–water partition coefficient (Wildman–Crippen LogP) is 2.26. The van der Waals surface area contributed by atoms with Crippen LogP contribution in [0.5, 0.6) is 0 Å². The van der Waals surface area contributed by atoms with Crippen molar-refractivity contribution in [3.8, 4) is 5.69 Å². The molecule has 19 heavy (non-hydrogen) atoms. The van der Waals surface area contributed by atoms with E-state index < -0.39 is 0 Å². The number of hydrogen-bond donors (Lipinski definition) is 1. The van der Waals surface area contributed by atoms with Gasteiger partial charge < -0.3 is 9.84 Å². The van der Waals surface area contributed by atoms with Gasteiger partial charge in [-0.25, -0.2) is 4.68 Å². The summed E-state index contributed by atoms with van der Waals surface area (Å²) in [7, 11) is 0. The van der Waals surface area contributed by atoms with Gasteiger partial charge in [0, 0.05) is 11.6 Å². The molecule has 1 aromatic heterocycles. The van der Waals surface area contributed by atoms with Crippen LogP contribution in [0.2, 0.25) is 5.02 Å². The maximum atomic E-state index is 9.39. The second-order valence-corrected chi connectivity index (χ2v) is 4.91. The number of aromatic nitrogens is 3. The van der Waals surface area contributed by atoms with E-state index in [2.05, 4.69) is 10.3 Å². The van der Waals surface area contributed by atoms with Crippen LogP contribution in [-0.4, -0.2) is 26.7 Å². The molecular formula is C13H14ClN3O2. The summed E-state index contributed by atoms with van der Waals surface area (Å²) >= 11 is 5.89. The largest absolute Gasteiger partial charge is 0.390 e.